The molecule has 1 rings (SSSR count). The first-order valence-corrected chi connectivity index (χ1v) is 5.94. The fourth-order valence-electron chi connectivity index (χ4n) is 1.50. The number of aryl methyl sites for hydroxylation is 1. The summed E-state index contributed by atoms with van der Waals surface area (Å²) in [6.45, 7) is 6.69. The van der Waals surface area contributed by atoms with Crippen molar-refractivity contribution < 1.29 is 4.79 Å². The largest absolute Gasteiger partial charge is 0.354 e. The van der Waals surface area contributed by atoms with Crippen molar-refractivity contribution in [3.05, 3.63) is 18.0 Å². The van der Waals surface area contributed by atoms with Gasteiger partial charge in [0.05, 0.1) is 5.69 Å². The maximum absolute atomic E-state index is 11.7. The molecule has 0 aliphatic rings. The molecule has 0 spiro atoms. The Hall–Kier alpha value is -1.32. The lowest BCUT2D eigenvalue weighted by atomic mass is 10.2. The molecule has 0 saturated carbocycles. The van der Waals surface area contributed by atoms with Gasteiger partial charge in [-0.2, -0.15) is 5.10 Å². The Balaban J connectivity index is 2.36. The van der Waals surface area contributed by atoms with Crippen LogP contribution in [-0.2, 0) is 4.79 Å². The number of carbonyl (C=O) groups is 1. The zero-order valence-electron chi connectivity index (χ0n) is 10.4. The first-order chi connectivity index (χ1) is 7.65. The Morgan fingerprint density at radius 1 is 1.56 bits per heavy atom. The molecule has 4 nitrogen and oxygen atoms in total. The van der Waals surface area contributed by atoms with Gasteiger partial charge in [-0.25, -0.2) is 0 Å². The molecule has 1 unspecified atom stereocenters. The lowest BCUT2D eigenvalue weighted by Crippen LogP contribution is -2.31. The number of nitrogens with zero attached hydrogens (tertiary/aromatic N) is 2. The molecule has 1 N–H and O–H groups in total. The molecular weight excluding hydrogens is 202 g/mol. The molecule has 0 aliphatic heterocycles. The highest BCUT2D eigenvalue weighted by molar-refractivity contribution is 5.79. The van der Waals surface area contributed by atoms with Crippen LogP contribution in [0.5, 0.6) is 0 Å². The van der Waals surface area contributed by atoms with Crippen LogP contribution >= 0.6 is 0 Å². The minimum absolute atomic E-state index is 0.0409. The molecule has 0 fully saturated rings. The normalized spacial score (nSPS) is 12.4. The van der Waals surface area contributed by atoms with E-state index >= 15 is 0 Å². The monoisotopic (exact) mass is 223 g/mol. The van der Waals surface area contributed by atoms with Crippen LogP contribution in [0, 0.1) is 6.92 Å². The Morgan fingerprint density at radius 3 is 2.88 bits per heavy atom. The van der Waals surface area contributed by atoms with Crippen LogP contribution in [0.1, 0.15) is 44.8 Å². The zero-order valence-corrected chi connectivity index (χ0v) is 10.4. The molecule has 0 aliphatic carbocycles. The number of hydrogen-bond donors (Lipinski definition) is 1. The van der Waals surface area contributed by atoms with Gasteiger partial charge in [0.15, 0.2) is 0 Å². The van der Waals surface area contributed by atoms with Crippen LogP contribution in [0.4, 0.5) is 0 Å². The summed E-state index contributed by atoms with van der Waals surface area (Å²) in [4.78, 5) is 11.7. The van der Waals surface area contributed by atoms with Gasteiger partial charge >= 0.3 is 0 Å². The van der Waals surface area contributed by atoms with Crippen LogP contribution in [0.15, 0.2) is 12.3 Å². The molecule has 90 valence electrons. The van der Waals surface area contributed by atoms with Crippen molar-refractivity contribution in [2.45, 2.75) is 46.1 Å². The van der Waals surface area contributed by atoms with Crippen LogP contribution in [0.2, 0.25) is 0 Å². The predicted molar refractivity (Wildman–Crippen MR) is 64.2 cm³/mol. The number of hydrogen-bond acceptors (Lipinski definition) is 2. The highest BCUT2D eigenvalue weighted by atomic mass is 16.2. The van der Waals surface area contributed by atoms with Crippen molar-refractivity contribution in [3.63, 3.8) is 0 Å². The lowest BCUT2D eigenvalue weighted by Gasteiger charge is -2.12. The van der Waals surface area contributed by atoms with Crippen LogP contribution in [0.3, 0.4) is 0 Å². The van der Waals surface area contributed by atoms with E-state index in [-0.39, 0.29) is 11.9 Å². The summed E-state index contributed by atoms with van der Waals surface area (Å²) in [5.74, 6) is 0.0409. The number of unbranched alkanes of at least 4 members (excludes halogenated alkanes) is 2. The van der Waals surface area contributed by atoms with Gasteiger partial charge in [-0.3, -0.25) is 9.48 Å². The maximum atomic E-state index is 11.7. The molecule has 4 heteroatoms. The summed E-state index contributed by atoms with van der Waals surface area (Å²) >= 11 is 0. The fourth-order valence-corrected chi connectivity index (χ4v) is 1.50. The van der Waals surface area contributed by atoms with Crippen molar-refractivity contribution in [1.29, 1.82) is 0 Å². The van der Waals surface area contributed by atoms with E-state index in [2.05, 4.69) is 17.3 Å². The number of rotatable bonds is 6. The van der Waals surface area contributed by atoms with Gasteiger partial charge < -0.3 is 5.32 Å². The summed E-state index contributed by atoms with van der Waals surface area (Å²) in [6.07, 6.45) is 5.22. The van der Waals surface area contributed by atoms with E-state index in [1.54, 1.807) is 4.68 Å². The standard InChI is InChI=1S/C12H21N3O/c1-4-5-6-8-13-12(16)11(3)15-9-7-10(2)14-15/h7,9,11H,4-6,8H2,1-3H3,(H,13,16). The summed E-state index contributed by atoms with van der Waals surface area (Å²) < 4.78 is 1.70. The Morgan fingerprint density at radius 2 is 2.31 bits per heavy atom. The van der Waals surface area contributed by atoms with Gasteiger partial charge in [-0.15, -0.1) is 0 Å². The van der Waals surface area contributed by atoms with Gasteiger partial charge in [0, 0.05) is 12.7 Å². The first kappa shape index (κ1) is 12.7. The van der Waals surface area contributed by atoms with Crippen molar-refractivity contribution >= 4 is 5.91 Å². The van der Waals surface area contributed by atoms with Crippen LogP contribution in [-0.4, -0.2) is 22.2 Å². The third kappa shape index (κ3) is 3.68. The van der Waals surface area contributed by atoms with E-state index < -0.39 is 0 Å². The van der Waals surface area contributed by atoms with E-state index in [1.807, 2.05) is 26.1 Å². The minimum atomic E-state index is -0.227. The molecule has 1 atom stereocenters. The van der Waals surface area contributed by atoms with Crippen LogP contribution < -0.4 is 5.32 Å². The summed E-state index contributed by atoms with van der Waals surface area (Å²) in [7, 11) is 0. The lowest BCUT2D eigenvalue weighted by molar-refractivity contribution is -0.124. The summed E-state index contributed by atoms with van der Waals surface area (Å²) in [6, 6.07) is 1.68. The Labute approximate surface area is 97.0 Å². The van der Waals surface area contributed by atoms with Gasteiger partial charge in [-0.05, 0) is 26.3 Å². The average molecular weight is 223 g/mol. The van der Waals surface area contributed by atoms with Crippen molar-refractivity contribution in [3.8, 4) is 0 Å². The molecule has 0 saturated heterocycles. The molecule has 16 heavy (non-hydrogen) atoms. The van der Waals surface area contributed by atoms with E-state index in [9.17, 15) is 4.79 Å². The van der Waals surface area contributed by atoms with Crippen molar-refractivity contribution in [2.24, 2.45) is 0 Å². The molecule has 1 aromatic heterocycles. The molecule has 0 radical (unpaired) electrons. The zero-order chi connectivity index (χ0) is 12.0. The second kappa shape index (κ2) is 6.30. The second-order valence-corrected chi connectivity index (χ2v) is 4.11. The fraction of sp³-hybridized carbons (Fsp3) is 0.667. The number of aromatic nitrogens is 2. The van der Waals surface area contributed by atoms with Crippen molar-refractivity contribution in [1.82, 2.24) is 15.1 Å². The highest BCUT2D eigenvalue weighted by Gasteiger charge is 2.14. The van der Waals surface area contributed by atoms with Crippen molar-refractivity contribution in [2.75, 3.05) is 6.54 Å². The quantitative estimate of drug-likeness (QED) is 0.750. The third-order valence-corrected chi connectivity index (χ3v) is 2.60. The van der Waals surface area contributed by atoms with Gasteiger partial charge in [-0.1, -0.05) is 19.8 Å². The Bertz CT molecular complexity index is 333. The SMILES string of the molecule is CCCCCNC(=O)C(C)n1ccc(C)n1. The molecule has 0 bridgehead atoms. The van der Waals surface area contributed by atoms with E-state index in [0.29, 0.717) is 0 Å². The number of amides is 1. The maximum Gasteiger partial charge on any atom is 0.244 e. The average Bonchev–Trinajstić information content (AvgIpc) is 2.70. The number of carbonyl (C=O) groups excluding carboxylic acids is 1. The second-order valence-electron chi connectivity index (χ2n) is 4.11. The summed E-state index contributed by atoms with van der Waals surface area (Å²) in [5.41, 5.74) is 0.936. The molecule has 1 heterocycles. The molecule has 0 aromatic carbocycles. The number of nitrogens with one attached hydrogen (secondary N) is 1. The first-order valence-electron chi connectivity index (χ1n) is 5.94. The van der Waals surface area contributed by atoms with Gasteiger partial charge in [0.25, 0.3) is 0 Å². The van der Waals surface area contributed by atoms with E-state index in [4.69, 9.17) is 0 Å². The minimum Gasteiger partial charge on any atom is -0.354 e. The highest BCUT2D eigenvalue weighted by Crippen LogP contribution is 2.05. The van der Waals surface area contributed by atoms with Gasteiger partial charge in [0.2, 0.25) is 5.91 Å². The Kier molecular flexibility index (Phi) is 5.02. The summed E-state index contributed by atoms with van der Waals surface area (Å²) in [5, 5.41) is 7.16. The molecule has 1 amide bonds. The van der Waals surface area contributed by atoms with Gasteiger partial charge in [0.1, 0.15) is 6.04 Å². The third-order valence-electron chi connectivity index (χ3n) is 2.60. The predicted octanol–water partition coefficient (Wildman–Crippen LogP) is 2.06. The smallest absolute Gasteiger partial charge is 0.244 e. The molecule has 1 aromatic rings. The molecular formula is C12H21N3O. The van der Waals surface area contributed by atoms with E-state index in [1.165, 1.54) is 6.42 Å². The van der Waals surface area contributed by atoms with Crippen LogP contribution in [0.25, 0.3) is 0 Å². The topological polar surface area (TPSA) is 46.9 Å². The van der Waals surface area contributed by atoms with E-state index in [0.717, 1.165) is 25.1 Å².